The Morgan fingerprint density at radius 1 is 1.33 bits per heavy atom. The zero-order valence-corrected chi connectivity index (χ0v) is 13.1. The van der Waals surface area contributed by atoms with Crippen molar-refractivity contribution in [1.29, 1.82) is 0 Å². The van der Waals surface area contributed by atoms with E-state index in [1.807, 2.05) is 12.1 Å². The average Bonchev–Trinajstić information content (AvgIpc) is 2.84. The molecule has 2 amide bonds. The third kappa shape index (κ3) is 5.06. The van der Waals surface area contributed by atoms with Crippen LogP contribution in [0.3, 0.4) is 0 Å². The summed E-state index contributed by atoms with van der Waals surface area (Å²) >= 11 is 2.19. The molecule has 2 rings (SSSR count). The Kier molecular flexibility index (Phi) is 5.14. The first kappa shape index (κ1) is 15.3. The number of nitrogens with two attached hydrogens (primary N) is 1. The summed E-state index contributed by atoms with van der Waals surface area (Å²) in [4.78, 5) is 22.5. The molecule has 7 nitrogen and oxygen atoms in total. The number of hydrogen-bond donors (Lipinski definition) is 2. The van der Waals surface area contributed by atoms with E-state index in [1.165, 1.54) is 17.1 Å². The minimum absolute atomic E-state index is 0.0327. The number of ether oxygens (including phenoxy) is 1. The van der Waals surface area contributed by atoms with Crippen molar-refractivity contribution in [2.24, 2.45) is 5.73 Å². The van der Waals surface area contributed by atoms with Gasteiger partial charge >= 0.3 is 0 Å². The van der Waals surface area contributed by atoms with Crippen LogP contribution in [0.15, 0.2) is 36.7 Å². The van der Waals surface area contributed by atoms with Crippen molar-refractivity contribution >= 4 is 40.1 Å². The first-order chi connectivity index (χ1) is 10.0. The Morgan fingerprint density at radius 2 is 2.05 bits per heavy atom. The third-order valence-corrected chi connectivity index (χ3v) is 3.14. The second-order valence-electron chi connectivity index (χ2n) is 4.18. The fraction of sp³-hybridized carbons (Fsp3) is 0.154. The standard InChI is InChI=1S/C13H13IN4O3/c14-9-1-3-11(4-2-9)21-8-13(20)17-10-5-16-18(6-10)7-12(15)19/h1-6H,7-8H2,(H2,15,19)(H,17,20). The number of carbonyl (C=O) groups is 2. The minimum Gasteiger partial charge on any atom is -0.484 e. The molecule has 0 spiro atoms. The van der Waals surface area contributed by atoms with Crippen molar-refractivity contribution in [3.63, 3.8) is 0 Å². The van der Waals surface area contributed by atoms with Gasteiger partial charge in [-0.2, -0.15) is 5.10 Å². The Hall–Kier alpha value is -2.10. The molecular formula is C13H13IN4O3. The van der Waals surface area contributed by atoms with Gasteiger partial charge in [0.2, 0.25) is 5.91 Å². The lowest BCUT2D eigenvalue weighted by atomic mass is 10.3. The summed E-state index contributed by atoms with van der Waals surface area (Å²) in [5, 5.41) is 6.51. The average molecular weight is 400 g/mol. The molecule has 2 aromatic rings. The molecule has 0 aliphatic carbocycles. The van der Waals surface area contributed by atoms with Gasteiger partial charge in [-0.1, -0.05) is 0 Å². The summed E-state index contributed by atoms with van der Waals surface area (Å²) in [7, 11) is 0. The molecule has 0 bridgehead atoms. The maximum absolute atomic E-state index is 11.7. The molecule has 0 aliphatic rings. The predicted octanol–water partition coefficient (Wildman–Crippen LogP) is 0.990. The molecule has 0 unspecified atom stereocenters. The highest BCUT2D eigenvalue weighted by Crippen LogP contribution is 2.13. The third-order valence-electron chi connectivity index (χ3n) is 2.42. The van der Waals surface area contributed by atoms with Gasteiger partial charge in [-0.25, -0.2) is 0 Å². The number of rotatable bonds is 6. The number of nitrogens with zero attached hydrogens (tertiary/aromatic N) is 2. The summed E-state index contributed by atoms with van der Waals surface area (Å²) in [5.74, 6) is -0.194. The predicted molar refractivity (Wildman–Crippen MR) is 84.7 cm³/mol. The van der Waals surface area contributed by atoms with Crippen LogP contribution in [0.4, 0.5) is 5.69 Å². The van der Waals surface area contributed by atoms with Crippen LogP contribution in [-0.2, 0) is 16.1 Å². The zero-order valence-electron chi connectivity index (χ0n) is 11.0. The molecule has 1 aromatic carbocycles. The molecule has 8 heteroatoms. The van der Waals surface area contributed by atoms with Crippen molar-refractivity contribution in [3.05, 3.63) is 40.2 Å². The van der Waals surface area contributed by atoms with E-state index in [9.17, 15) is 9.59 Å². The van der Waals surface area contributed by atoms with Crippen LogP contribution in [0.2, 0.25) is 0 Å². The SMILES string of the molecule is NC(=O)Cn1cc(NC(=O)COc2ccc(I)cc2)cn1. The van der Waals surface area contributed by atoms with E-state index >= 15 is 0 Å². The number of amides is 2. The van der Waals surface area contributed by atoms with Crippen molar-refractivity contribution in [1.82, 2.24) is 9.78 Å². The lowest BCUT2D eigenvalue weighted by Crippen LogP contribution is -2.20. The van der Waals surface area contributed by atoms with Crippen LogP contribution < -0.4 is 15.8 Å². The monoisotopic (exact) mass is 400 g/mol. The molecule has 1 aromatic heterocycles. The summed E-state index contributed by atoms with van der Waals surface area (Å²) in [6.45, 7) is -0.142. The summed E-state index contributed by atoms with van der Waals surface area (Å²) in [6.07, 6.45) is 2.96. The van der Waals surface area contributed by atoms with Crippen LogP contribution in [-0.4, -0.2) is 28.2 Å². The topological polar surface area (TPSA) is 99.2 Å². The van der Waals surface area contributed by atoms with Crippen molar-refractivity contribution < 1.29 is 14.3 Å². The van der Waals surface area contributed by atoms with E-state index in [1.54, 1.807) is 12.1 Å². The van der Waals surface area contributed by atoms with Gasteiger partial charge in [0.05, 0.1) is 11.9 Å². The molecule has 0 radical (unpaired) electrons. The van der Waals surface area contributed by atoms with Crippen LogP contribution >= 0.6 is 22.6 Å². The number of anilines is 1. The lowest BCUT2D eigenvalue weighted by Gasteiger charge is -2.06. The minimum atomic E-state index is -0.502. The van der Waals surface area contributed by atoms with Gasteiger partial charge < -0.3 is 15.8 Å². The Labute approximate surface area is 134 Å². The number of aromatic nitrogens is 2. The number of halogens is 1. The second kappa shape index (κ2) is 7.07. The Balaban J connectivity index is 1.82. The van der Waals surface area contributed by atoms with Gasteiger partial charge in [-0.05, 0) is 46.9 Å². The summed E-state index contributed by atoms with van der Waals surface area (Å²) < 4.78 is 7.78. The van der Waals surface area contributed by atoms with E-state index in [4.69, 9.17) is 10.5 Å². The van der Waals surface area contributed by atoms with Crippen LogP contribution in [0.1, 0.15) is 0 Å². The van der Waals surface area contributed by atoms with Crippen LogP contribution in [0.25, 0.3) is 0 Å². The quantitative estimate of drug-likeness (QED) is 0.707. The van der Waals surface area contributed by atoms with Gasteiger partial charge in [0.25, 0.3) is 5.91 Å². The molecule has 21 heavy (non-hydrogen) atoms. The smallest absolute Gasteiger partial charge is 0.262 e. The number of nitrogens with one attached hydrogen (secondary N) is 1. The maximum atomic E-state index is 11.7. The number of carbonyl (C=O) groups excluding carboxylic acids is 2. The number of hydrogen-bond acceptors (Lipinski definition) is 4. The van der Waals surface area contributed by atoms with Gasteiger partial charge in [0, 0.05) is 9.77 Å². The zero-order chi connectivity index (χ0) is 15.2. The van der Waals surface area contributed by atoms with E-state index in [2.05, 4.69) is 33.0 Å². The highest BCUT2D eigenvalue weighted by molar-refractivity contribution is 14.1. The first-order valence-corrected chi connectivity index (χ1v) is 7.10. The van der Waals surface area contributed by atoms with E-state index in [-0.39, 0.29) is 19.1 Å². The molecule has 0 saturated carbocycles. The molecule has 3 N–H and O–H groups in total. The van der Waals surface area contributed by atoms with Crippen molar-refractivity contribution in [2.75, 3.05) is 11.9 Å². The number of benzene rings is 1. The van der Waals surface area contributed by atoms with E-state index in [0.29, 0.717) is 11.4 Å². The van der Waals surface area contributed by atoms with Gasteiger partial charge in [0.15, 0.2) is 6.61 Å². The van der Waals surface area contributed by atoms with Gasteiger partial charge in [-0.15, -0.1) is 0 Å². The molecule has 0 atom stereocenters. The van der Waals surface area contributed by atoms with E-state index < -0.39 is 5.91 Å². The van der Waals surface area contributed by atoms with Crippen LogP contribution in [0.5, 0.6) is 5.75 Å². The summed E-state index contributed by atoms with van der Waals surface area (Å²) in [6, 6.07) is 7.36. The fourth-order valence-electron chi connectivity index (χ4n) is 1.55. The summed E-state index contributed by atoms with van der Waals surface area (Å²) in [5.41, 5.74) is 5.53. The normalized spacial score (nSPS) is 10.1. The molecule has 1 heterocycles. The van der Waals surface area contributed by atoms with Gasteiger partial charge in [-0.3, -0.25) is 14.3 Å². The fourth-order valence-corrected chi connectivity index (χ4v) is 1.91. The first-order valence-electron chi connectivity index (χ1n) is 6.02. The van der Waals surface area contributed by atoms with Crippen molar-refractivity contribution in [2.45, 2.75) is 6.54 Å². The van der Waals surface area contributed by atoms with Crippen molar-refractivity contribution in [3.8, 4) is 5.75 Å². The highest BCUT2D eigenvalue weighted by atomic mass is 127. The second-order valence-corrected chi connectivity index (χ2v) is 5.43. The van der Waals surface area contributed by atoms with Crippen LogP contribution in [0, 0.1) is 3.57 Å². The largest absolute Gasteiger partial charge is 0.484 e. The molecule has 110 valence electrons. The molecule has 0 saturated heterocycles. The Bertz CT molecular complexity index is 639. The van der Waals surface area contributed by atoms with Gasteiger partial charge in [0.1, 0.15) is 12.3 Å². The lowest BCUT2D eigenvalue weighted by molar-refractivity contribution is -0.119. The maximum Gasteiger partial charge on any atom is 0.262 e. The molecular weight excluding hydrogens is 387 g/mol. The Morgan fingerprint density at radius 3 is 2.71 bits per heavy atom. The molecule has 0 fully saturated rings. The number of primary amides is 1. The molecule has 0 aliphatic heterocycles. The van der Waals surface area contributed by atoms with E-state index in [0.717, 1.165) is 3.57 Å². The highest BCUT2D eigenvalue weighted by Gasteiger charge is 2.06.